The Balaban J connectivity index is 1.38. The van der Waals surface area contributed by atoms with Gasteiger partial charge in [0.1, 0.15) is 0 Å². The van der Waals surface area contributed by atoms with Crippen molar-refractivity contribution in [1.29, 1.82) is 0 Å². The second-order valence-electron chi connectivity index (χ2n) is 10.2. The topological polar surface area (TPSA) is 73.3 Å². The minimum atomic E-state index is -4.57. The predicted octanol–water partition coefficient (Wildman–Crippen LogP) is 5.16. The third kappa shape index (κ3) is 6.02. The fourth-order valence-corrected chi connectivity index (χ4v) is 5.97. The van der Waals surface area contributed by atoms with Crippen molar-refractivity contribution in [3.05, 3.63) is 28.8 Å². The molecule has 0 bridgehead atoms. The summed E-state index contributed by atoms with van der Waals surface area (Å²) in [6.45, 7) is 4.50. The van der Waals surface area contributed by atoms with Crippen LogP contribution in [0.2, 0.25) is 5.02 Å². The van der Waals surface area contributed by atoms with Crippen LogP contribution in [0.25, 0.3) is 0 Å². The van der Waals surface area contributed by atoms with E-state index in [0.717, 1.165) is 37.6 Å². The maximum atomic E-state index is 12.8. The van der Waals surface area contributed by atoms with E-state index in [4.69, 9.17) is 11.6 Å². The number of carbonyl (C=O) groups excluding carboxylic acids is 1. The van der Waals surface area contributed by atoms with E-state index in [1.807, 2.05) is 12.1 Å². The Hall–Kier alpha value is -2.20. The molecule has 1 atom stereocenters. The van der Waals surface area contributed by atoms with Crippen molar-refractivity contribution < 1.29 is 32.6 Å². The van der Waals surface area contributed by atoms with Crippen LogP contribution in [0.15, 0.2) is 18.2 Å². The van der Waals surface area contributed by atoms with Crippen molar-refractivity contribution in [2.75, 3.05) is 37.6 Å². The second-order valence-corrected chi connectivity index (χ2v) is 10.7. The number of halogens is 4. The molecule has 4 rings (SSSR count). The molecule has 1 spiro atoms. The van der Waals surface area contributed by atoms with Gasteiger partial charge in [0.2, 0.25) is 0 Å². The largest absolute Gasteiger partial charge is 0.481 e. The van der Waals surface area contributed by atoms with Gasteiger partial charge in [0.05, 0.1) is 5.92 Å². The molecule has 3 fully saturated rings. The standard InChI is InChI=1S/C25H33ClF3N3O4/c1-17(25(27,28)29)36-23(35)31-11-6-24(7-12-31)5-2-8-32(24)16-18-13-20(26)15-21(14-18)30-9-3-19(4-10-30)22(33)34/h13-15,17,19H,2-12,16H2,1H3,(H,33,34). The average Bonchev–Trinajstić information content (AvgIpc) is 3.19. The van der Waals surface area contributed by atoms with Crippen molar-refractivity contribution in [3.8, 4) is 0 Å². The number of hydrogen-bond acceptors (Lipinski definition) is 5. The summed E-state index contributed by atoms with van der Waals surface area (Å²) in [5.41, 5.74) is 1.96. The van der Waals surface area contributed by atoms with Gasteiger partial charge in [-0.15, -0.1) is 0 Å². The smallest absolute Gasteiger partial charge is 0.425 e. The molecule has 1 unspecified atom stereocenters. The van der Waals surface area contributed by atoms with Gasteiger partial charge in [-0.05, 0) is 75.8 Å². The van der Waals surface area contributed by atoms with E-state index in [-0.39, 0.29) is 11.5 Å². The van der Waals surface area contributed by atoms with Gasteiger partial charge in [-0.25, -0.2) is 4.79 Å². The second kappa shape index (κ2) is 10.7. The number of hydrogen-bond donors (Lipinski definition) is 1. The van der Waals surface area contributed by atoms with Gasteiger partial charge in [-0.3, -0.25) is 9.69 Å². The van der Waals surface area contributed by atoms with E-state index >= 15 is 0 Å². The lowest BCUT2D eigenvalue weighted by Gasteiger charge is -2.45. The Morgan fingerprint density at radius 3 is 2.39 bits per heavy atom. The Morgan fingerprint density at radius 2 is 1.78 bits per heavy atom. The molecular weight excluding hydrogens is 499 g/mol. The van der Waals surface area contributed by atoms with E-state index < -0.39 is 24.3 Å². The van der Waals surface area contributed by atoms with Crippen LogP contribution in [0, 0.1) is 5.92 Å². The van der Waals surface area contributed by atoms with Crippen LogP contribution in [0.1, 0.15) is 51.0 Å². The van der Waals surface area contributed by atoms with Crippen LogP contribution in [0.3, 0.4) is 0 Å². The fraction of sp³-hybridized carbons (Fsp3) is 0.680. The number of carbonyl (C=O) groups is 2. The zero-order chi connectivity index (χ0) is 26.1. The lowest BCUT2D eigenvalue weighted by molar-refractivity contribution is -0.200. The first-order valence-electron chi connectivity index (χ1n) is 12.5. The van der Waals surface area contributed by atoms with E-state index in [2.05, 4.69) is 20.6 Å². The number of nitrogens with zero attached hydrogens (tertiary/aromatic N) is 3. The van der Waals surface area contributed by atoms with Crippen molar-refractivity contribution in [3.63, 3.8) is 0 Å². The molecule has 3 saturated heterocycles. The number of piperidine rings is 2. The minimum absolute atomic E-state index is 0.102. The highest BCUT2D eigenvalue weighted by molar-refractivity contribution is 6.30. The number of likely N-dealkylation sites (tertiary alicyclic amines) is 2. The number of carboxylic acids is 1. The molecule has 0 aromatic heterocycles. The Labute approximate surface area is 214 Å². The molecule has 1 amide bonds. The van der Waals surface area contributed by atoms with E-state index in [1.165, 1.54) is 4.90 Å². The molecule has 200 valence electrons. The summed E-state index contributed by atoms with van der Waals surface area (Å²) < 4.78 is 42.9. The van der Waals surface area contributed by atoms with Crippen molar-refractivity contribution in [1.82, 2.24) is 9.80 Å². The first-order valence-corrected chi connectivity index (χ1v) is 12.9. The van der Waals surface area contributed by atoms with Crippen molar-refractivity contribution in [2.24, 2.45) is 5.92 Å². The molecule has 3 heterocycles. The maximum absolute atomic E-state index is 12.8. The van der Waals surface area contributed by atoms with E-state index in [9.17, 15) is 27.9 Å². The molecule has 0 aliphatic carbocycles. The van der Waals surface area contributed by atoms with Crippen LogP contribution < -0.4 is 4.90 Å². The highest BCUT2D eigenvalue weighted by Gasteiger charge is 2.45. The zero-order valence-corrected chi connectivity index (χ0v) is 21.2. The lowest BCUT2D eigenvalue weighted by Crippen LogP contribution is -2.53. The number of carboxylic acid groups (broad SMARTS) is 1. The number of alkyl halides is 3. The molecule has 1 N–H and O–H groups in total. The summed E-state index contributed by atoms with van der Waals surface area (Å²) in [7, 11) is 0. The third-order valence-corrected chi connectivity index (χ3v) is 8.18. The first kappa shape index (κ1) is 26.9. The van der Waals surface area contributed by atoms with Crippen LogP contribution >= 0.6 is 11.6 Å². The first-order chi connectivity index (χ1) is 17.0. The monoisotopic (exact) mass is 531 g/mol. The fourth-order valence-electron chi connectivity index (χ4n) is 5.72. The van der Waals surface area contributed by atoms with Crippen LogP contribution in [0.5, 0.6) is 0 Å². The third-order valence-electron chi connectivity index (χ3n) is 7.96. The van der Waals surface area contributed by atoms with Crippen LogP contribution in [-0.2, 0) is 16.1 Å². The zero-order valence-electron chi connectivity index (χ0n) is 20.4. The highest BCUT2D eigenvalue weighted by atomic mass is 35.5. The number of anilines is 1. The van der Waals surface area contributed by atoms with E-state index in [0.29, 0.717) is 63.4 Å². The molecule has 7 nitrogen and oxygen atoms in total. The number of aliphatic carboxylic acids is 1. The maximum Gasteiger partial charge on any atom is 0.425 e. The molecule has 3 aliphatic rings. The lowest BCUT2D eigenvalue weighted by atomic mass is 9.85. The molecule has 1 aromatic carbocycles. The summed E-state index contributed by atoms with van der Waals surface area (Å²) in [4.78, 5) is 29.5. The Kier molecular flexibility index (Phi) is 7.95. The summed E-state index contributed by atoms with van der Waals surface area (Å²) in [5, 5.41) is 9.89. The van der Waals surface area contributed by atoms with Gasteiger partial charge < -0.3 is 19.6 Å². The number of benzene rings is 1. The van der Waals surface area contributed by atoms with Gasteiger partial charge in [0.25, 0.3) is 0 Å². The number of rotatable bonds is 5. The molecular formula is C25H33ClF3N3O4. The molecule has 0 saturated carbocycles. The quantitative estimate of drug-likeness (QED) is 0.566. The minimum Gasteiger partial charge on any atom is -0.481 e. The van der Waals surface area contributed by atoms with Crippen LogP contribution in [0.4, 0.5) is 23.7 Å². The van der Waals surface area contributed by atoms with Crippen molar-refractivity contribution >= 4 is 29.4 Å². The number of ether oxygens (including phenoxy) is 1. The SMILES string of the molecule is CC(OC(=O)N1CCC2(CCCN2Cc2cc(Cl)cc(N3CCC(C(=O)O)CC3)c2)CC1)C(F)(F)F. The Bertz CT molecular complexity index is 960. The molecule has 0 radical (unpaired) electrons. The number of amides is 1. The van der Waals surface area contributed by atoms with Gasteiger partial charge in [-0.2, -0.15) is 13.2 Å². The van der Waals surface area contributed by atoms with Crippen LogP contribution in [-0.4, -0.2) is 77.5 Å². The normalized spacial score (nSPS) is 22.1. The molecule has 11 heteroatoms. The highest BCUT2D eigenvalue weighted by Crippen LogP contribution is 2.40. The van der Waals surface area contributed by atoms with Gasteiger partial charge in [-0.1, -0.05) is 11.6 Å². The van der Waals surface area contributed by atoms with Gasteiger partial charge in [0.15, 0.2) is 6.10 Å². The average molecular weight is 532 g/mol. The van der Waals surface area contributed by atoms with Gasteiger partial charge in [0, 0.05) is 49.0 Å². The summed E-state index contributed by atoms with van der Waals surface area (Å²) >= 11 is 6.46. The molecule has 1 aromatic rings. The van der Waals surface area contributed by atoms with E-state index in [1.54, 1.807) is 0 Å². The summed E-state index contributed by atoms with van der Waals surface area (Å²) in [6, 6.07) is 5.98. The van der Waals surface area contributed by atoms with Crippen molar-refractivity contribution in [2.45, 2.75) is 69.8 Å². The predicted molar refractivity (Wildman–Crippen MR) is 129 cm³/mol. The summed E-state index contributed by atoms with van der Waals surface area (Å²) in [5.74, 6) is -1.04. The summed E-state index contributed by atoms with van der Waals surface area (Å²) in [6.07, 6.45) is -3.05. The molecule has 3 aliphatic heterocycles. The van der Waals surface area contributed by atoms with Gasteiger partial charge >= 0.3 is 18.2 Å². The Morgan fingerprint density at radius 1 is 1.11 bits per heavy atom. The molecule has 36 heavy (non-hydrogen) atoms.